The van der Waals surface area contributed by atoms with Crippen LogP contribution in [0.2, 0.25) is 0 Å². The second-order valence-corrected chi connectivity index (χ2v) is 7.20. The van der Waals surface area contributed by atoms with E-state index in [0.717, 1.165) is 11.3 Å². The summed E-state index contributed by atoms with van der Waals surface area (Å²) < 4.78 is 10.5. The van der Waals surface area contributed by atoms with Crippen LogP contribution in [-0.4, -0.2) is 58.2 Å². The van der Waals surface area contributed by atoms with Crippen molar-refractivity contribution in [1.82, 2.24) is 10.2 Å². The summed E-state index contributed by atoms with van der Waals surface area (Å²) in [6.45, 7) is 0.455. The second-order valence-electron chi connectivity index (χ2n) is 7.20. The molecule has 0 bridgehead atoms. The Kier molecular flexibility index (Phi) is 6.23. The molecule has 0 unspecified atom stereocenters. The van der Waals surface area contributed by atoms with Gasteiger partial charge in [-0.15, -0.1) is 0 Å². The van der Waals surface area contributed by atoms with Gasteiger partial charge in [0.05, 0.1) is 6.04 Å². The molecule has 154 valence electrons. The number of carbonyl (C=O) groups excluding carboxylic acids is 2. The van der Waals surface area contributed by atoms with Crippen molar-refractivity contribution in [2.75, 3.05) is 51.7 Å². The highest BCUT2D eigenvalue weighted by Crippen LogP contribution is 2.34. The monoisotopic (exact) mass is 398 g/mol. The molecule has 0 spiro atoms. The highest BCUT2D eigenvalue weighted by Gasteiger charge is 2.20. The number of hydrogen-bond acceptors (Lipinski definition) is 6. The summed E-state index contributed by atoms with van der Waals surface area (Å²) in [6.07, 6.45) is 0. The minimum atomic E-state index is -0.732. The first-order valence-electron chi connectivity index (χ1n) is 9.27. The quantitative estimate of drug-likeness (QED) is 0.723. The molecular weight excluding hydrogens is 372 g/mol. The van der Waals surface area contributed by atoms with Gasteiger partial charge in [0.25, 0.3) is 0 Å². The van der Waals surface area contributed by atoms with E-state index in [9.17, 15) is 9.59 Å². The molecule has 0 saturated heterocycles. The Bertz CT molecular complexity index is 881. The lowest BCUT2D eigenvalue weighted by Gasteiger charge is -2.25. The van der Waals surface area contributed by atoms with Gasteiger partial charge in [-0.1, -0.05) is 12.1 Å². The van der Waals surface area contributed by atoms with Crippen LogP contribution in [0.4, 0.5) is 11.4 Å². The molecule has 1 aliphatic rings. The average Bonchev–Trinajstić information content (AvgIpc) is 3.16. The lowest BCUT2D eigenvalue weighted by atomic mass is 10.1. The third-order valence-corrected chi connectivity index (χ3v) is 4.71. The summed E-state index contributed by atoms with van der Waals surface area (Å²) in [5.41, 5.74) is 2.62. The maximum absolute atomic E-state index is 12.3. The topological polar surface area (TPSA) is 83.1 Å². The van der Waals surface area contributed by atoms with E-state index in [2.05, 4.69) is 10.6 Å². The summed E-state index contributed by atoms with van der Waals surface area (Å²) in [4.78, 5) is 28.5. The Morgan fingerprint density at radius 3 is 2.31 bits per heavy atom. The van der Waals surface area contributed by atoms with E-state index in [1.54, 1.807) is 18.2 Å². The molecule has 1 heterocycles. The highest BCUT2D eigenvalue weighted by molar-refractivity contribution is 6.39. The number of likely N-dealkylation sites (N-methyl/N-ethyl adjacent to an activating group) is 1. The average molecular weight is 398 g/mol. The zero-order valence-corrected chi connectivity index (χ0v) is 17.1. The van der Waals surface area contributed by atoms with E-state index in [1.807, 2.05) is 62.3 Å². The highest BCUT2D eigenvalue weighted by atomic mass is 16.7. The van der Waals surface area contributed by atoms with Crippen LogP contribution in [0.3, 0.4) is 0 Å². The molecule has 3 rings (SSSR count). The number of benzene rings is 2. The van der Waals surface area contributed by atoms with Gasteiger partial charge in [-0.3, -0.25) is 9.59 Å². The summed E-state index contributed by atoms with van der Waals surface area (Å²) in [5, 5.41) is 5.29. The van der Waals surface area contributed by atoms with Crippen molar-refractivity contribution in [1.29, 1.82) is 0 Å². The van der Waals surface area contributed by atoms with Crippen LogP contribution in [0.25, 0.3) is 0 Å². The van der Waals surface area contributed by atoms with E-state index >= 15 is 0 Å². The van der Waals surface area contributed by atoms with Crippen LogP contribution in [0.5, 0.6) is 11.5 Å². The van der Waals surface area contributed by atoms with E-state index in [0.29, 0.717) is 23.7 Å². The predicted molar refractivity (Wildman–Crippen MR) is 111 cm³/mol. The van der Waals surface area contributed by atoms with Crippen molar-refractivity contribution in [3.8, 4) is 11.5 Å². The molecule has 0 aromatic heterocycles. The van der Waals surface area contributed by atoms with Crippen molar-refractivity contribution in [3.05, 3.63) is 48.0 Å². The Morgan fingerprint density at radius 1 is 0.966 bits per heavy atom. The molecule has 2 N–H and O–H groups in total. The molecule has 0 fully saturated rings. The molecule has 0 saturated carbocycles. The third-order valence-electron chi connectivity index (χ3n) is 4.71. The lowest BCUT2D eigenvalue weighted by Crippen LogP contribution is -2.40. The van der Waals surface area contributed by atoms with Crippen molar-refractivity contribution < 1.29 is 19.1 Å². The Labute approximate surface area is 170 Å². The maximum Gasteiger partial charge on any atom is 0.313 e. The van der Waals surface area contributed by atoms with Crippen LogP contribution in [0.15, 0.2) is 42.5 Å². The molecule has 2 aromatic carbocycles. The van der Waals surface area contributed by atoms with Gasteiger partial charge in [0.2, 0.25) is 6.79 Å². The molecule has 8 nitrogen and oxygen atoms in total. The molecular formula is C21H26N4O4. The molecule has 2 aromatic rings. The van der Waals surface area contributed by atoms with Crippen LogP contribution < -0.4 is 25.0 Å². The number of carbonyl (C=O) groups is 2. The second kappa shape index (κ2) is 8.83. The number of hydrogen-bond donors (Lipinski definition) is 2. The number of rotatable bonds is 6. The van der Waals surface area contributed by atoms with Crippen molar-refractivity contribution >= 4 is 23.2 Å². The number of amides is 2. The first kappa shape index (κ1) is 20.5. The van der Waals surface area contributed by atoms with Gasteiger partial charge in [-0.2, -0.15) is 0 Å². The van der Waals surface area contributed by atoms with Crippen molar-refractivity contribution in [3.63, 3.8) is 0 Å². The minimum absolute atomic E-state index is 0.0616. The molecule has 29 heavy (non-hydrogen) atoms. The van der Waals surface area contributed by atoms with Gasteiger partial charge in [0.1, 0.15) is 0 Å². The van der Waals surface area contributed by atoms with E-state index in [4.69, 9.17) is 9.47 Å². The molecule has 8 heteroatoms. The van der Waals surface area contributed by atoms with E-state index < -0.39 is 11.8 Å². The standard InChI is InChI=1S/C21H26N4O4/c1-24(2)16-8-5-14(6-9-16)17(25(3)4)12-22-20(26)21(27)23-15-7-10-18-19(11-15)29-13-28-18/h5-11,17H,12-13H2,1-4H3,(H,22,26)(H,23,27)/t17-/m1/s1. The summed E-state index contributed by atoms with van der Waals surface area (Å²) in [5.74, 6) is -0.276. The van der Waals surface area contributed by atoms with Crippen LogP contribution in [0.1, 0.15) is 11.6 Å². The number of ether oxygens (including phenoxy) is 2. The van der Waals surface area contributed by atoms with Crippen LogP contribution in [-0.2, 0) is 9.59 Å². The minimum Gasteiger partial charge on any atom is -0.454 e. The van der Waals surface area contributed by atoms with Gasteiger partial charge in [0, 0.05) is 38.1 Å². The zero-order chi connectivity index (χ0) is 21.0. The summed E-state index contributed by atoms with van der Waals surface area (Å²) in [7, 11) is 7.83. The summed E-state index contributed by atoms with van der Waals surface area (Å²) >= 11 is 0. The van der Waals surface area contributed by atoms with Crippen molar-refractivity contribution in [2.24, 2.45) is 0 Å². The van der Waals surface area contributed by atoms with Gasteiger partial charge in [-0.05, 0) is 43.9 Å². The maximum atomic E-state index is 12.3. The van der Waals surface area contributed by atoms with E-state index in [-0.39, 0.29) is 12.8 Å². The SMILES string of the molecule is CN(C)c1ccc([C@@H](CNC(=O)C(=O)Nc2ccc3c(c2)OCO3)N(C)C)cc1. The van der Waals surface area contributed by atoms with Crippen LogP contribution in [0, 0.1) is 0 Å². The van der Waals surface area contributed by atoms with Crippen LogP contribution >= 0.6 is 0 Å². The molecule has 2 amide bonds. The number of anilines is 2. The lowest BCUT2D eigenvalue weighted by molar-refractivity contribution is -0.136. The fourth-order valence-corrected chi connectivity index (χ4v) is 3.02. The molecule has 0 aliphatic carbocycles. The molecule has 1 atom stereocenters. The van der Waals surface area contributed by atoms with E-state index in [1.165, 1.54) is 0 Å². The first-order valence-corrected chi connectivity index (χ1v) is 9.27. The van der Waals surface area contributed by atoms with Gasteiger partial charge in [-0.25, -0.2) is 0 Å². The first-order chi connectivity index (χ1) is 13.8. The smallest absolute Gasteiger partial charge is 0.313 e. The summed E-state index contributed by atoms with van der Waals surface area (Å²) in [6, 6.07) is 13.0. The Balaban J connectivity index is 1.59. The number of nitrogens with zero attached hydrogens (tertiary/aromatic N) is 2. The molecule has 0 radical (unpaired) electrons. The number of nitrogens with one attached hydrogen (secondary N) is 2. The third kappa shape index (κ3) is 4.97. The predicted octanol–water partition coefficient (Wildman–Crippen LogP) is 1.84. The number of fused-ring (bicyclic) bond motifs is 1. The fourth-order valence-electron chi connectivity index (χ4n) is 3.02. The normalized spacial score (nSPS) is 13.1. The Morgan fingerprint density at radius 2 is 1.66 bits per heavy atom. The zero-order valence-electron chi connectivity index (χ0n) is 17.1. The van der Waals surface area contributed by atoms with Gasteiger partial charge < -0.3 is 29.9 Å². The molecule has 1 aliphatic heterocycles. The van der Waals surface area contributed by atoms with Crippen molar-refractivity contribution in [2.45, 2.75) is 6.04 Å². The Hall–Kier alpha value is -3.26. The largest absolute Gasteiger partial charge is 0.454 e. The fraction of sp³-hybridized carbons (Fsp3) is 0.333. The van der Waals surface area contributed by atoms with Gasteiger partial charge in [0.15, 0.2) is 11.5 Å². The van der Waals surface area contributed by atoms with Gasteiger partial charge >= 0.3 is 11.8 Å².